The molecule has 1 aromatic carbocycles. The Morgan fingerprint density at radius 2 is 1.86 bits per heavy atom. The quantitative estimate of drug-likeness (QED) is 0.504. The van der Waals surface area contributed by atoms with Gasteiger partial charge in [0.15, 0.2) is 6.61 Å². The van der Waals surface area contributed by atoms with Crippen LogP contribution in [-0.2, 0) is 14.3 Å². The molecule has 0 fully saturated rings. The highest BCUT2D eigenvalue weighted by Crippen LogP contribution is 2.10. The Labute approximate surface area is 121 Å². The first-order valence-corrected chi connectivity index (χ1v) is 6.05. The Balaban J connectivity index is 2.30. The van der Waals surface area contributed by atoms with Gasteiger partial charge in [0.25, 0.3) is 5.91 Å². The molecule has 1 rings (SSSR count). The molecule has 0 atom stereocenters. The fourth-order valence-corrected chi connectivity index (χ4v) is 1.29. The van der Waals surface area contributed by atoms with Crippen molar-refractivity contribution in [1.29, 1.82) is 0 Å². The molecular formula is C13H16N2O6. The van der Waals surface area contributed by atoms with Crippen LogP contribution in [0.5, 0.6) is 5.75 Å². The lowest BCUT2D eigenvalue weighted by atomic mass is 10.2. The zero-order chi connectivity index (χ0) is 15.7. The molecule has 0 radical (unpaired) electrons. The number of hydrogen-bond donors (Lipinski definition) is 3. The van der Waals surface area contributed by atoms with E-state index in [4.69, 9.17) is 14.6 Å². The van der Waals surface area contributed by atoms with Gasteiger partial charge >= 0.3 is 12.0 Å². The van der Waals surface area contributed by atoms with Crippen molar-refractivity contribution in [2.45, 2.75) is 0 Å². The van der Waals surface area contributed by atoms with E-state index < -0.39 is 24.5 Å². The van der Waals surface area contributed by atoms with Crippen LogP contribution >= 0.6 is 0 Å². The minimum Gasteiger partial charge on any atom is -0.508 e. The summed E-state index contributed by atoms with van der Waals surface area (Å²) in [6, 6.07) is 4.65. The second kappa shape index (κ2) is 8.54. The van der Waals surface area contributed by atoms with Crippen molar-refractivity contribution in [3.63, 3.8) is 0 Å². The number of amides is 3. The third kappa shape index (κ3) is 6.39. The molecule has 8 heteroatoms. The van der Waals surface area contributed by atoms with E-state index in [1.807, 2.05) is 5.32 Å². The molecule has 3 N–H and O–H groups in total. The maximum Gasteiger partial charge on any atom is 0.338 e. The van der Waals surface area contributed by atoms with Crippen LogP contribution < -0.4 is 10.6 Å². The first-order valence-electron chi connectivity index (χ1n) is 6.05. The molecule has 0 saturated heterocycles. The molecule has 8 nitrogen and oxygen atoms in total. The summed E-state index contributed by atoms with van der Waals surface area (Å²) >= 11 is 0. The number of phenols is 1. The monoisotopic (exact) mass is 296 g/mol. The van der Waals surface area contributed by atoms with Crippen molar-refractivity contribution in [1.82, 2.24) is 10.6 Å². The predicted octanol–water partition coefficient (Wildman–Crippen LogP) is 0.0212. The summed E-state index contributed by atoms with van der Waals surface area (Å²) in [5.41, 5.74) is 0.185. The third-order valence-electron chi connectivity index (χ3n) is 2.28. The Morgan fingerprint density at radius 3 is 2.48 bits per heavy atom. The summed E-state index contributed by atoms with van der Waals surface area (Å²) < 4.78 is 9.44. The topological polar surface area (TPSA) is 114 Å². The smallest absolute Gasteiger partial charge is 0.338 e. The number of urea groups is 1. The standard InChI is InChI=1S/C13H16N2O6/c1-20-7-6-14-13(19)15-11(17)8-21-12(18)9-2-4-10(16)5-3-9/h2-5,16H,6-8H2,1H3,(H2,14,15,17,19). The molecule has 1 aromatic rings. The molecule has 0 spiro atoms. The number of aromatic hydroxyl groups is 1. The molecular weight excluding hydrogens is 280 g/mol. The number of benzene rings is 1. The summed E-state index contributed by atoms with van der Waals surface area (Å²) in [5, 5.41) is 13.4. The van der Waals surface area contributed by atoms with Crippen LogP contribution in [0.1, 0.15) is 10.4 Å². The maximum atomic E-state index is 11.6. The zero-order valence-corrected chi connectivity index (χ0v) is 11.4. The van der Waals surface area contributed by atoms with Crippen molar-refractivity contribution >= 4 is 17.9 Å². The number of rotatable bonds is 6. The van der Waals surface area contributed by atoms with Crippen LogP contribution in [0, 0.1) is 0 Å². The SMILES string of the molecule is COCCNC(=O)NC(=O)COC(=O)c1ccc(O)cc1. The van der Waals surface area contributed by atoms with E-state index in [2.05, 4.69) is 5.32 Å². The Kier molecular flexibility index (Phi) is 6.69. The number of phenolic OH excluding ortho intramolecular Hbond substituents is 1. The van der Waals surface area contributed by atoms with Crippen LogP contribution in [0.3, 0.4) is 0 Å². The molecule has 0 saturated carbocycles. The van der Waals surface area contributed by atoms with E-state index in [1.54, 1.807) is 0 Å². The highest BCUT2D eigenvalue weighted by atomic mass is 16.5. The van der Waals surface area contributed by atoms with Crippen molar-refractivity contribution < 1.29 is 29.0 Å². The number of imide groups is 1. The van der Waals surface area contributed by atoms with Crippen LogP contribution in [0.2, 0.25) is 0 Å². The normalized spacial score (nSPS) is 9.76. The van der Waals surface area contributed by atoms with Gasteiger partial charge in [0.1, 0.15) is 5.75 Å². The summed E-state index contributed by atoms with van der Waals surface area (Å²) in [7, 11) is 1.48. The van der Waals surface area contributed by atoms with E-state index in [0.717, 1.165) is 0 Å². The second-order valence-electron chi connectivity index (χ2n) is 3.92. The van der Waals surface area contributed by atoms with Crippen LogP contribution in [0.25, 0.3) is 0 Å². The number of hydrogen-bond acceptors (Lipinski definition) is 6. The lowest BCUT2D eigenvalue weighted by molar-refractivity contribution is -0.123. The highest BCUT2D eigenvalue weighted by molar-refractivity contribution is 5.97. The third-order valence-corrected chi connectivity index (χ3v) is 2.28. The molecule has 21 heavy (non-hydrogen) atoms. The molecule has 0 aliphatic heterocycles. The Morgan fingerprint density at radius 1 is 1.19 bits per heavy atom. The molecule has 3 amide bonds. The summed E-state index contributed by atoms with van der Waals surface area (Å²) in [6.45, 7) is -0.0161. The summed E-state index contributed by atoms with van der Waals surface area (Å²) in [5.74, 6) is -1.47. The summed E-state index contributed by atoms with van der Waals surface area (Å²) in [6.07, 6.45) is 0. The average Bonchev–Trinajstić information content (AvgIpc) is 2.46. The largest absolute Gasteiger partial charge is 0.508 e. The van der Waals surface area contributed by atoms with E-state index in [9.17, 15) is 14.4 Å². The number of esters is 1. The number of carbonyl (C=O) groups is 3. The minimum atomic E-state index is -0.753. The zero-order valence-electron chi connectivity index (χ0n) is 11.4. The Hall–Kier alpha value is -2.61. The number of ether oxygens (including phenoxy) is 2. The van der Waals surface area contributed by atoms with E-state index >= 15 is 0 Å². The number of methoxy groups -OCH3 is 1. The molecule has 0 heterocycles. The first-order chi connectivity index (χ1) is 10.0. The van der Waals surface area contributed by atoms with Crippen LogP contribution in [-0.4, -0.2) is 49.9 Å². The molecule has 114 valence electrons. The van der Waals surface area contributed by atoms with Gasteiger partial charge in [-0.3, -0.25) is 10.1 Å². The second-order valence-corrected chi connectivity index (χ2v) is 3.92. The Bertz CT molecular complexity index is 500. The highest BCUT2D eigenvalue weighted by Gasteiger charge is 2.12. The molecule has 0 bridgehead atoms. The first kappa shape index (κ1) is 16.4. The lowest BCUT2D eigenvalue weighted by Gasteiger charge is -2.07. The van der Waals surface area contributed by atoms with Gasteiger partial charge in [-0.2, -0.15) is 0 Å². The van der Waals surface area contributed by atoms with Gasteiger partial charge in [0.05, 0.1) is 12.2 Å². The van der Waals surface area contributed by atoms with Crippen molar-refractivity contribution in [2.75, 3.05) is 26.9 Å². The van der Waals surface area contributed by atoms with Crippen molar-refractivity contribution in [3.8, 4) is 5.75 Å². The van der Waals surface area contributed by atoms with Gasteiger partial charge in [-0.15, -0.1) is 0 Å². The van der Waals surface area contributed by atoms with E-state index in [-0.39, 0.29) is 17.9 Å². The van der Waals surface area contributed by atoms with Gasteiger partial charge in [-0.25, -0.2) is 9.59 Å². The molecule has 0 aliphatic rings. The molecule has 0 aromatic heterocycles. The minimum absolute atomic E-state index is 0.0111. The van der Waals surface area contributed by atoms with Gasteiger partial charge in [0, 0.05) is 13.7 Å². The number of carbonyl (C=O) groups excluding carboxylic acids is 3. The fraction of sp³-hybridized carbons (Fsp3) is 0.308. The van der Waals surface area contributed by atoms with Crippen molar-refractivity contribution in [3.05, 3.63) is 29.8 Å². The van der Waals surface area contributed by atoms with Crippen LogP contribution in [0.4, 0.5) is 4.79 Å². The van der Waals surface area contributed by atoms with Gasteiger partial charge < -0.3 is 19.9 Å². The number of nitrogens with one attached hydrogen (secondary N) is 2. The maximum absolute atomic E-state index is 11.6. The molecule has 0 aliphatic carbocycles. The summed E-state index contributed by atoms with van der Waals surface area (Å²) in [4.78, 5) is 34.1. The predicted molar refractivity (Wildman–Crippen MR) is 71.8 cm³/mol. The molecule has 0 unspecified atom stereocenters. The fourth-order valence-electron chi connectivity index (χ4n) is 1.29. The van der Waals surface area contributed by atoms with E-state index in [1.165, 1.54) is 31.4 Å². The lowest BCUT2D eigenvalue weighted by Crippen LogP contribution is -2.42. The van der Waals surface area contributed by atoms with Crippen LogP contribution in [0.15, 0.2) is 24.3 Å². The van der Waals surface area contributed by atoms with Crippen molar-refractivity contribution in [2.24, 2.45) is 0 Å². The average molecular weight is 296 g/mol. The van der Waals surface area contributed by atoms with Gasteiger partial charge in [-0.1, -0.05) is 0 Å². The van der Waals surface area contributed by atoms with E-state index in [0.29, 0.717) is 6.61 Å². The van der Waals surface area contributed by atoms with Gasteiger partial charge in [0.2, 0.25) is 0 Å². The van der Waals surface area contributed by atoms with Gasteiger partial charge in [-0.05, 0) is 24.3 Å².